The van der Waals surface area contributed by atoms with Gasteiger partial charge in [-0.05, 0) is 24.8 Å². The highest BCUT2D eigenvalue weighted by Crippen LogP contribution is 2.32. The first kappa shape index (κ1) is 18.5. The summed E-state index contributed by atoms with van der Waals surface area (Å²) in [6, 6.07) is 9.20. The van der Waals surface area contributed by atoms with E-state index in [4.69, 9.17) is 4.74 Å². The highest BCUT2D eigenvalue weighted by Gasteiger charge is 2.42. The van der Waals surface area contributed by atoms with Crippen molar-refractivity contribution in [3.8, 4) is 0 Å². The molecule has 0 bridgehead atoms. The number of nitrogens with one attached hydrogen (secondary N) is 1. The second kappa shape index (κ2) is 7.34. The van der Waals surface area contributed by atoms with Crippen molar-refractivity contribution in [1.29, 1.82) is 0 Å². The van der Waals surface area contributed by atoms with E-state index in [1.54, 1.807) is 4.90 Å². The zero-order chi connectivity index (χ0) is 17.9. The van der Waals surface area contributed by atoms with Gasteiger partial charge in [0.05, 0.1) is 6.04 Å². The smallest absolute Gasteiger partial charge is 0.251 e. The fourth-order valence-corrected chi connectivity index (χ4v) is 2.89. The Kier molecular flexibility index (Phi) is 5.65. The average Bonchev–Trinajstić information content (AvgIpc) is 2.52. The zero-order valence-electron chi connectivity index (χ0n) is 15.2. The van der Waals surface area contributed by atoms with Gasteiger partial charge in [-0.2, -0.15) is 0 Å². The van der Waals surface area contributed by atoms with E-state index in [0.29, 0.717) is 6.54 Å². The molecule has 5 nitrogen and oxygen atoms in total. The van der Waals surface area contributed by atoms with Crippen molar-refractivity contribution >= 4 is 11.8 Å². The molecule has 132 valence electrons. The zero-order valence-corrected chi connectivity index (χ0v) is 15.2. The van der Waals surface area contributed by atoms with Gasteiger partial charge in [-0.25, -0.2) is 0 Å². The number of carbonyl (C=O) groups is 2. The molecule has 1 aliphatic rings. The highest BCUT2D eigenvalue weighted by molar-refractivity contribution is 5.86. The summed E-state index contributed by atoms with van der Waals surface area (Å²) in [6.07, 6.45) is -0.699. The van der Waals surface area contributed by atoms with Crippen molar-refractivity contribution in [2.75, 3.05) is 13.2 Å². The molecule has 24 heavy (non-hydrogen) atoms. The Morgan fingerprint density at radius 3 is 2.46 bits per heavy atom. The number of nitrogens with zero attached hydrogens (tertiary/aromatic N) is 1. The standard InChI is InChI=1S/C19H28N2O3/c1-13(2)21-15(22)11-24-17(18(23)20-12-19(3,4)5)16(21)14-9-7-6-8-10-14/h6-10,13,16-17H,11-12H2,1-5H3,(H,20,23)/t16-,17+/m1/s1. The third-order valence-corrected chi connectivity index (χ3v) is 4.01. The Balaban J connectivity index is 2.30. The van der Waals surface area contributed by atoms with Gasteiger partial charge in [0.1, 0.15) is 6.61 Å². The van der Waals surface area contributed by atoms with Crippen molar-refractivity contribution in [2.45, 2.75) is 52.8 Å². The van der Waals surface area contributed by atoms with E-state index in [1.807, 2.05) is 44.2 Å². The number of benzene rings is 1. The van der Waals surface area contributed by atoms with E-state index in [2.05, 4.69) is 26.1 Å². The number of hydrogen-bond donors (Lipinski definition) is 1. The Labute approximate surface area is 144 Å². The number of hydrogen-bond acceptors (Lipinski definition) is 3. The second-order valence-electron chi connectivity index (χ2n) is 7.76. The predicted octanol–water partition coefficient (Wildman–Crippen LogP) is 2.53. The lowest BCUT2D eigenvalue weighted by molar-refractivity contribution is -0.167. The van der Waals surface area contributed by atoms with Crippen molar-refractivity contribution in [2.24, 2.45) is 5.41 Å². The van der Waals surface area contributed by atoms with Crippen LogP contribution in [0.1, 0.15) is 46.2 Å². The van der Waals surface area contributed by atoms with E-state index < -0.39 is 12.1 Å². The van der Waals surface area contributed by atoms with Gasteiger partial charge in [0.25, 0.3) is 5.91 Å². The lowest BCUT2D eigenvalue weighted by Gasteiger charge is -2.43. The van der Waals surface area contributed by atoms with Crippen LogP contribution in [0.5, 0.6) is 0 Å². The van der Waals surface area contributed by atoms with Crippen LogP contribution in [0.4, 0.5) is 0 Å². The first-order chi connectivity index (χ1) is 11.2. The summed E-state index contributed by atoms with van der Waals surface area (Å²) in [5, 5.41) is 2.96. The van der Waals surface area contributed by atoms with Gasteiger partial charge in [-0.3, -0.25) is 9.59 Å². The lowest BCUT2D eigenvalue weighted by atomic mass is 9.94. The van der Waals surface area contributed by atoms with Gasteiger partial charge in [-0.15, -0.1) is 0 Å². The van der Waals surface area contributed by atoms with Crippen molar-refractivity contribution in [1.82, 2.24) is 10.2 Å². The molecule has 1 aromatic rings. The summed E-state index contributed by atoms with van der Waals surface area (Å²) in [4.78, 5) is 26.9. The minimum atomic E-state index is -0.699. The third-order valence-electron chi connectivity index (χ3n) is 4.01. The molecule has 0 spiro atoms. The van der Waals surface area contributed by atoms with Crippen LogP contribution < -0.4 is 5.32 Å². The van der Waals surface area contributed by atoms with Crippen LogP contribution in [0.15, 0.2) is 30.3 Å². The molecular formula is C19H28N2O3. The predicted molar refractivity (Wildman–Crippen MR) is 93.4 cm³/mol. The van der Waals surface area contributed by atoms with E-state index in [1.165, 1.54) is 0 Å². The first-order valence-electron chi connectivity index (χ1n) is 8.46. The summed E-state index contributed by atoms with van der Waals surface area (Å²) in [6.45, 7) is 10.6. The molecule has 1 aromatic carbocycles. The minimum Gasteiger partial charge on any atom is -0.356 e. The van der Waals surface area contributed by atoms with Gasteiger partial charge < -0.3 is 15.0 Å². The monoisotopic (exact) mass is 332 g/mol. The largest absolute Gasteiger partial charge is 0.356 e. The maximum Gasteiger partial charge on any atom is 0.251 e. The molecule has 0 aromatic heterocycles. The molecule has 0 unspecified atom stereocenters. The van der Waals surface area contributed by atoms with Crippen molar-refractivity contribution in [3.05, 3.63) is 35.9 Å². The molecular weight excluding hydrogens is 304 g/mol. The molecule has 1 N–H and O–H groups in total. The Bertz CT molecular complexity index is 578. The topological polar surface area (TPSA) is 58.6 Å². The molecule has 1 heterocycles. The van der Waals surface area contributed by atoms with E-state index >= 15 is 0 Å². The van der Waals surface area contributed by atoms with Crippen LogP contribution in [0, 0.1) is 5.41 Å². The van der Waals surface area contributed by atoms with E-state index in [0.717, 1.165) is 5.56 Å². The SMILES string of the molecule is CC(C)N1C(=O)CO[C@H](C(=O)NCC(C)(C)C)[C@H]1c1ccccc1. The first-order valence-corrected chi connectivity index (χ1v) is 8.46. The second-order valence-corrected chi connectivity index (χ2v) is 7.76. The number of rotatable bonds is 4. The molecule has 1 aliphatic heterocycles. The average molecular weight is 332 g/mol. The maximum atomic E-state index is 12.7. The molecule has 2 rings (SSSR count). The van der Waals surface area contributed by atoms with Crippen LogP contribution in [-0.2, 0) is 14.3 Å². The molecule has 0 saturated carbocycles. The summed E-state index contributed by atoms with van der Waals surface area (Å²) < 4.78 is 5.66. The number of ether oxygens (including phenoxy) is 1. The molecule has 1 fully saturated rings. The van der Waals surface area contributed by atoms with Gasteiger partial charge in [0, 0.05) is 12.6 Å². The third kappa shape index (κ3) is 4.35. The molecule has 0 radical (unpaired) electrons. The number of morpholine rings is 1. The van der Waals surface area contributed by atoms with Gasteiger partial charge in [0.15, 0.2) is 6.10 Å². The molecule has 2 atom stereocenters. The lowest BCUT2D eigenvalue weighted by Crippen LogP contribution is -2.56. The highest BCUT2D eigenvalue weighted by atomic mass is 16.5. The van der Waals surface area contributed by atoms with Crippen molar-refractivity contribution < 1.29 is 14.3 Å². The van der Waals surface area contributed by atoms with E-state index in [9.17, 15) is 9.59 Å². The fraction of sp³-hybridized carbons (Fsp3) is 0.579. The van der Waals surface area contributed by atoms with Crippen LogP contribution in [-0.4, -0.2) is 42.0 Å². The normalized spacial score (nSPS) is 21.9. The van der Waals surface area contributed by atoms with Crippen LogP contribution in [0.2, 0.25) is 0 Å². The van der Waals surface area contributed by atoms with Gasteiger partial charge in [0.2, 0.25) is 5.91 Å². The molecule has 2 amide bonds. The number of carbonyl (C=O) groups excluding carboxylic acids is 2. The summed E-state index contributed by atoms with van der Waals surface area (Å²) in [7, 11) is 0. The Hall–Kier alpha value is -1.88. The quantitative estimate of drug-likeness (QED) is 0.922. The summed E-state index contributed by atoms with van der Waals surface area (Å²) in [5.41, 5.74) is 0.898. The Morgan fingerprint density at radius 1 is 1.29 bits per heavy atom. The van der Waals surface area contributed by atoms with Crippen LogP contribution in [0.25, 0.3) is 0 Å². The molecule has 0 aliphatic carbocycles. The summed E-state index contributed by atoms with van der Waals surface area (Å²) >= 11 is 0. The maximum absolute atomic E-state index is 12.7. The Morgan fingerprint density at radius 2 is 1.92 bits per heavy atom. The van der Waals surface area contributed by atoms with Crippen LogP contribution in [0.3, 0.4) is 0 Å². The molecule has 5 heteroatoms. The van der Waals surface area contributed by atoms with E-state index in [-0.39, 0.29) is 29.9 Å². The van der Waals surface area contributed by atoms with Crippen LogP contribution >= 0.6 is 0 Å². The van der Waals surface area contributed by atoms with Gasteiger partial charge in [-0.1, -0.05) is 51.1 Å². The molecule has 1 saturated heterocycles. The fourth-order valence-electron chi connectivity index (χ4n) is 2.89. The minimum absolute atomic E-state index is 0.00970. The number of amides is 2. The van der Waals surface area contributed by atoms with Gasteiger partial charge >= 0.3 is 0 Å². The summed E-state index contributed by atoms with van der Waals surface area (Å²) in [5.74, 6) is -0.254. The van der Waals surface area contributed by atoms with Crippen molar-refractivity contribution in [3.63, 3.8) is 0 Å².